The second-order valence-corrected chi connectivity index (χ2v) is 20.6. The van der Waals surface area contributed by atoms with E-state index in [1.807, 2.05) is 0 Å². The first-order chi connectivity index (χ1) is 33.7. The van der Waals surface area contributed by atoms with E-state index in [-0.39, 0.29) is 10.8 Å². The topological polar surface area (TPSA) is 16.4 Å². The molecule has 0 saturated carbocycles. The first-order valence-corrected chi connectivity index (χ1v) is 24.5. The number of hydrogen-bond donors (Lipinski definition) is 0. The molecule has 2 aliphatic carbocycles. The van der Waals surface area contributed by atoms with Gasteiger partial charge in [0.1, 0.15) is 11.2 Å². The molecule has 1 aromatic heterocycles. The summed E-state index contributed by atoms with van der Waals surface area (Å²) in [4.78, 5) is 2.47. The van der Waals surface area contributed by atoms with Crippen LogP contribution in [-0.4, -0.2) is 0 Å². The Morgan fingerprint density at radius 1 is 0.391 bits per heavy atom. The van der Waals surface area contributed by atoms with Gasteiger partial charge in [0, 0.05) is 16.5 Å². The van der Waals surface area contributed by atoms with E-state index in [0.29, 0.717) is 0 Å². The monoisotopic (exact) mass is 887 g/mol. The largest absolute Gasteiger partial charge is 0.456 e. The highest BCUT2D eigenvalue weighted by Crippen LogP contribution is 2.61. The lowest BCUT2D eigenvalue weighted by molar-refractivity contribution is 0.331. The first kappa shape index (κ1) is 41.3. The molecule has 69 heavy (non-hydrogen) atoms. The predicted octanol–water partition coefficient (Wildman–Crippen LogP) is 18.3. The van der Waals surface area contributed by atoms with Gasteiger partial charge in [0.2, 0.25) is 0 Å². The Hall–Kier alpha value is -7.94. The predicted molar refractivity (Wildman–Crippen MR) is 289 cm³/mol. The minimum absolute atomic E-state index is 0.0375. The Bertz CT molecular complexity index is 3730. The molecule has 0 bridgehead atoms. The molecule has 0 aliphatic heterocycles. The van der Waals surface area contributed by atoms with Crippen molar-refractivity contribution >= 4 is 49.8 Å². The van der Waals surface area contributed by atoms with Crippen LogP contribution in [0.5, 0.6) is 0 Å². The van der Waals surface area contributed by atoms with E-state index >= 15 is 0 Å². The molecule has 0 atom stereocenters. The van der Waals surface area contributed by atoms with E-state index in [9.17, 15) is 0 Å². The van der Waals surface area contributed by atoms with E-state index in [0.717, 1.165) is 51.8 Å². The van der Waals surface area contributed by atoms with Crippen LogP contribution < -0.4 is 4.90 Å². The summed E-state index contributed by atoms with van der Waals surface area (Å²) in [5, 5.41) is 4.53. The minimum Gasteiger partial charge on any atom is -0.456 e. The quantitative estimate of drug-likeness (QED) is 0.159. The number of furan rings is 1. The van der Waals surface area contributed by atoms with Crippen molar-refractivity contribution in [1.82, 2.24) is 0 Å². The van der Waals surface area contributed by atoms with Crippen molar-refractivity contribution in [2.45, 2.75) is 56.8 Å². The van der Waals surface area contributed by atoms with Crippen LogP contribution in [0, 0.1) is 0 Å². The Kier molecular flexibility index (Phi) is 9.30. The average Bonchev–Trinajstić information content (AvgIpc) is 3.93. The van der Waals surface area contributed by atoms with E-state index in [1.165, 1.54) is 77.5 Å². The molecule has 2 heteroatoms. The van der Waals surface area contributed by atoms with Crippen LogP contribution in [0.1, 0.15) is 73.9 Å². The van der Waals surface area contributed by atoms with Gasteiger partial charge in [-0.15, -0.1) is 0 Å². The van der Waals surface area contributed by atoms with Gasteiger partial charge < -0.3 is 9.32 Å². The van der Waals surface area contributed by atoms with Gasteiger partial charge in [-0.25, -0.2) is 0 Å². The fraction of sp³-hybridized carbons (Fsp3) is 0.134. The van der Waals surface area contributed by atoms with Crippen molar-refractivity contribution in [1.29, 1.82) is 0 Å². The molecule has 0 unspecified atom stereocenters. The normalized spacial score (nSPS) is 15.2. The van der Waals surface area contributed by atoms with Crippen molar-refractivity contribution < 1.29 is 4.42 Å². The molecule has 13 rings (SSSR count). The van der Waals surface area contributed by atoms with Gasteiger partial charge in [-0.3, -0.25) is 0 Å². The van der Waals surface area contributed by atoms with Crippen LogP contribution in [-0.2, 0) is 16.2 Å². The maximum atomic E-state index is 6.60. The van der Waals surface area contributed by atoms with Gasteiger partial charge >= 0.3 is 0 Å². The maximum Gasteiger partial charge on any atom is 0.137 e. The molecule has 0 fully saturated rings. The second-order valence-electron chi connectivity index (χ2n) is 20.6. The number of fused-ring (bicyclic) bond motifs is 8. The highest BCUT2D eigenvalue weighted by atomic mass is 16.3. The lowest BCUT2D eigenvalue weighted by atomic mass is 9.60. The zero-order chi connectivity index (χ0) is 46.5. The molecule has 2 nitrogen and oxygen atoms in total. The number of anilines is 3. The van der Waals surface area contributed by atoms with Crippen molar-refractivity contribution in [2.24, 2.45) is 0 Å². The van der Waals surface area contributed by atoms with Crippen LogP contribution in [0.3, 0.4) is 0 Å². The van der Waals surface area contributed by atoms with Crippen molar-refractivity contribution in [3.05, 3.63) is 258 Å². The third-order valence-electron chi connectivity index (χ3n) is 15.8. The molecular weight excluding hydrogens is 835 g/mol. The number of para-hydroxylation sites is 1. The van der Waals surface area contributed by atoms with Crippen molar-refractivity contribution in [2.75, 3.05) is 4.90 Å². The Balaban J connectivity index is 1.12. The Morgan fingerprint density at radius 2 is 0.957 bits per heavy atom. The summed E-state index contributed by atoms with van der Waals surface area (Å²) >= 11 is 0. The summed E-state index contributed by atoms with van der Waals surface area (Å²) in [5.74, 6) is 0. The zero-order valence-electron chi connectivity index (χ0n) is 39.6. The lowest BCUT2D eigenvalue weighted by Crippen LogP contribution is -2.35. The van der Waals surface area contributed by atoms with E-state index in [1.54, 1.807) is 0 Å². The highest BCUT2D eigenvalue weighted by molar-refractivity contribution is 6.15. The van der Waals surface area contributed by atoms with Crippen molar-refractivity contribution in [3.8, 4) is 33.4 Å². The molecule has 2 aliphatic rings. The standard InChI is InChI=1S/C67H53NO/c1-65(2)38-39-66(3,4)58-43-56-55(42-57(58)65)53-30-18-29-52(64(53)67(56,48-23-10-6-11-24-48)49-25-12-7-13-26-49)47-40-46-22-14-15-27-51(46)60(41-47)68(50-36-34-45(35-37-50)44-20-8-5-9-21-44)59-31-19-33-62-63(59)54-28-16-17-32-61(54)69-62/h5-37,40-43H,38-39H2,1-4H3. The third kappa shape index (κ3) is 6.31. The molecule has 0 spiro atoms. The molecule has 0 amide bonds. The van der Waals surface area contributed by atoms with Crippen LogP contribution in [0.4, 0.5) is 17.1 Å². The van der Waals surface area contributed by atoms with Crippen LogP contribution >= 0.6 is 0 Å². The van der Waals surface area contributed by atoms with Gasteiger partial charge in [0.05, 0.1) is 22.2 Å². The highest BCUT2D eigenvalue weighted by Gasteiger charge is 2.50. The SMILES string of the molecule is CC1(C)CCC(C)(C)c2cc3c(cc21)-c1cccc(-c2cc(N(c4ccc(-c5ccccc5)cc4)c4cccc5oc6ccccc6c45)c4ccccc4c2)c1C3(c1ccccc1)c1ccccc1. The second kappa shape index (κ2) is 15.6. The fourth-order valence-electron chi connectivity index (χ4n) is 12.3. The average molecular weight is 888 g/mol. The Labute approximate surface area is 405 Å². The van der Waals surface area contributed by atoms with Gasteiger partial charge in [-0.1, -0.05) is 204 Å². The lowest BCUT2D eigenvalue weighted by Gasteiger charge is -2.43. The van der Waals surface area contributed by atoms with Crippen molar-refractivity contribution in [3.63, 3.8) is 0 Å². The summed E-state index contributed by atoms with van der Waals surface area (Å²) in [7, 11) is 0. The number of nitrogens with zero attached hydrogens (tertiary/aromatic N) is 1. The molecule has 0 N–H and O–H groups in total. The molecule has 0 saturated heterocycles. The number of benzene rings is 10. The van der Waals surface area contributed by atoms with Crippen LogP contribution in [0.25, 0.3) is 66.1 Å². The number of rotatable bonds is 7. The molecule has 10 aromatic carbocycles. The summed E-state index contributed by atoms with van der Waals surface area (Å²) in [6.45, 7) is 9.81. The summed E-state index contributed by atoms with van der Waals surface area (Å²) in [6, 6.07) is 83.4. The number of hydrogen-bond acceptors (Lipinski definition) is 2. The molecular formula is C67H53NO. The minimum atomic E-state index is -0.601. The summed E-state index contributed by atoms with van der Waals surface area (Å²) in [5.41, 5.74) is 20.1. The Morgan fingerprint density at radius 3 is 1.67 bits per heavy atom. The van der Waals surface area contributed by atoms with Gasteiger partial charge in [0.25, 0.3) is 0 Å². The first-order valence-electron chi connectivity index (χ1n) is 24.5. The molecule has 11 aromatic rings. The third-order valence-corrected chi connectivity index (χ3v) is 15.8. The van der Waals surface area contributed by atoms with Crippen LogP contribution in [0.15, 0.2) is 229 Å². The molecule has 0 radical (unpaired) electrons. The zero-order valence-corrected chi connectivity index (χ0v) is 39.6. The van der Waals surface area contributed by atoms with Crippen LogP contribution in [0.2, 0.25) is 0 Å². The maximum absolute atomic E-state index is 6.60. The van der Waals surface area contributed by atoms with E-state index in [2.05, 4.69) is 257 Å². The van der Waals surface area contributed by atoms with E-state index < -0.39 is 5.41 Å². The fourth-order valence-corrected chi connectivity index (χ4v) is 12.3. The van der Waals surface area contributed by atoms with Gasteiger partial charge in [-0.05, 0) is 144 Å². The summed E-state index contributed by atoms with van der Waals surface area (Å²) < 4.78 is 6.60. The molecule has 1 heterocycles. The summed E-state index contributed by atoms with van der Waals surface area (Å²) in [6.07, 6.45) is 2.32. The smallest absolute Gasteiger partial charge is 0.137 e. The van der Waals surface area contributed by atoms with Gasteiger partial charge in [0.15, 0.2) is 0 Å². The van der Waals surface area contributed by atoms with Gasteiger partial charge in [-0.2, -0.15) is 0 Å². The molecule has 332 valence electrons. The van der Waals surface area contributed by atoms with E-state index in [4.69, 9.17) is 4.42 Å².